The highest BCUT2D eigenvalue weighted by molar-refractivity contribution is 7.91. The molecule has 0 fully saturated rings. The van der Waals surface area contributed by atoms with Crippen molar-refractivity contribution in [2.45, 2.75) is 12.4 Å². The van der Waals surface area contributed by atoms with Gasteiger partial charge in [-0.3, -0.25) is 19.3 Å². The average molecular weight is 415 g/mol. The van der Waals surface area contributed by atoms with Crippen molar-refractivity contribution >= 4 is 21.6 Å². The van der Waals surface area contributed by atoms with Gasteiger partial charge in [-0.2, -0.15) is 0 Å². The third kappa shape index (κ3) is 6.37. The molecule has 0 aliphatic carbocycles. The number of anilines is 1. The molecule has 0 saturated carbocycles. The summed E-state index contributed by atoms with van der Waals surface area (Å²) in [5.41, 5.74) is 3.74. The number of nitrogens with zero attached hydrogens (tertiary/aromatic N) is 1. The molecule has 150 valence electrons. The molecule has 0 atom stereocenters. The molecule has 3 aromatic rings. The summed E-state index contributed by atoms with van der Waals surface area (Å²) in [6.45, 7) is 0.177. The zero-order valence-corrected chi connectivity index (χ0v) is 16.0. The summed E-state index contributed by atoms with van der Waals surface area (Å²) >= 11 is 0. The van der Waals surface area contributed by atoms with Gasteiger partial charge in [-0.15, -0.1) is 0 Å². The Morgan fingerprint density at radius 1 is 1.00 bits per heavy atom. The van der Waals surface area contributed by atoms with Crippen molar-refractivity contribution in [3.63, 3.8) is 0 Å². The van der Waals surface area contributed by atoms with Crippen LogP contribution in [0.2, 0.25) is 0 Å². The Morgan fingerprint density at radius 3 is 2.45 bits per heavy atom. The number of amides is 1. The molecule has 0 unspecified atom stereocenters. The molecular formula is C20H18FN3O4S. The molecule has 3 rings (SSSR count). The van der Waals surface area contributed by atoms with Gasteiger partial charge in [-0.1, -0.05) is 42.5 Å². The Kier molecular flexibility index (Phi) is 6.53. The summed E-state index contributed by atoms with van der Waals surface area (Å²) < 4.78 is 40.0. The average Bonchev–Trinajstić information content (AvgIpc) is 2.70. The van der Waals surface area contributed by atoms with Crippen LogP contribution in [-0.4, -0.2) is 19.3 Å². The van der Waals surface area contributed by atoms with Gasteiger partial charge in [-0.25, -0.2) is 18.3 Å². The summed E-state index contributed by atoms with van der Waals surface area (Å²) in [5, 5.41) is 0. The Morgan fingerprint density at radius 2 is 1.72 bits per heavy atom. The van der Waals surface area contributed by atoms with Gasteiger partial charge in [0.25, 0.3) is 5.91 Å². The number of halogens is 1. The number of carbonyl (C=O) groups excluding carboxylic acids is 1. The van der Waals surface area contributed by atoms with Crippen molar-refractivity contribution in [3.05, 3.63) is 95.6 Å². The fraction of sp³-hybridized carbons (Fsp3) is 0.100. The number of hydrogen-bond donors (Lipinski definition) is 2. The third-order valence-electron chi connectivity index (χ3n) is 3.78. The molecule has 0 spiro atoms. The van der Waals surface area contributed by atoms with E-state index in [0.29, 0.717) is 5.56 Å². The first-order valence-corrected chi connectivity index (χ1v) is 10.2. The van der Waals surface area contributed by atoms with E-state index in [2.05, 4.69) is 15.2 Å². The molecule has 0 aliphatic rings. The minimum Gasteiger partial charge on any atom is -0.283 e. The molecule has 29 heavy (non-hydrogen) atoms. The van der Waals surface area contributed by atoms with Crippen molar-refractivity contribution in [1.29, 1.82) is 0 Å². The van der Waals surface area contributed by atoms with E-state index in [0.717, 1.165) is 5.56 Å². The number of carbonyl (C=O) groups is 1. The molecule has 1 aromatic heterocycles. The maximum atomic E-state index is 13.0. The predicted molar refractivity (Wildman–Crippen MR) is 106 cm³/mol. The van der Waals surface area contributed by atoms with E-state index in [9.17, 15) is 17.6 Å². The monoisotopic (exact) mass is 415 g/mol. The van der Waals surface area contributed by atoms with Gasteiger partial charge in [0, 0.05) is 6.20 Å². The first kappa shape index (κ1) is 20.4. The highest BCUT2D eigenvalue weighted by atomic mass is 32.2. The molecule has 0 bridgehead atoms. The number of nitrogens with one attached hydrogen (secondary N) is 2. The van der Waals surface area contributed by atoms with Gasteiger partial charge >= 0.3 is 0 Å². The molecule has 9 heteroatoms. The van der Waals surface area contributed by atoms with Crippen LogP contribution >= 0.6 is 0 Å². The lowest BCUT2D eigenvalue weighted by Gasteiger charge is -2.10. The fourth-order valence-electron chi connectivity index (χ4n) is 2.45. The van der Waals surface area contributed by atoms with Crippen molar-refractivity contribution in [2.24, 2.45) is 0 Å². The second kappa shape index (κ2) is 9.26. The van der Waals surface area contributed by atoms with Crippen LogP contribution in [0.4, 0.5) is 10.1 Å². The van der Waals surface area contributed by atoms with Crippen LogP contribution in [-0.2, 0) is 27.2 Å². The van der Waals surface area contributed by atoms with Crippen LogP contribution in [0, 0.1) is 5.82 Å². The van der Waals surface area contributed by atoms with E-state index in [1.54, 1.807) is 0 Å². The minimum atomic E-state index is -3.76. The molecule has 0 aliphatic heterocycles. The Balaban J connectivity index is 1.59. The van der Waals surface area contributed by atoms with Crippen LogP contribution in [0.3, 0.4) is 0 Å². The van der Waals surface area contributed by atoms with Gasteiger partial charge < -0.3 is 0 Å². The van der Waals surface area contributed by atoms with Gasteiger partial charge in [0.15, 0.2) is 0 Å². The standard InChI is InChI=1S/C20H18FN3O4S/c21-17-8-6-16(7-9-17)14-29(26,27)24-18-10-11-22-19(12-18)20(25)23-28-13-15-4-2-1-3-5-15/h1-12H,13-14H2,(H,22,24)(H,23,25). The van der Waals surface area contributed by atoms with E-state index in [1.807, 2.05) is 30.3 Å². The minimum absolute atomic E-state index is 0.0138. The number of aromatic nitrogens is 1. The number of benzene rings is 2. The second-order valence-corrected chi connectivity index (χ2v) is 7.85. The normalized spacial score (nSPS) is 11.1. The van der Waals surface area contributed by atoms with Crippen molar-refractivity contribution < 1.29 is 22.4 Å². The molecule has 0 radical (unpaired) electrons. The van der Waals surface area contributed by atoms with Gasteiger partial charge in [-0.05, 0) is 35.4 Å². The molecule has 0 saturated heterocycles. The lowest BCUT2D eigenvalue weighted by Crippen LogP contribution is -2.24. The first-order chi connectivity index (χ1) is 13.9. The topological polar surface area (TPSA) is 97.4 Å². The largest absolute Gasteiger partial charge is 0.293 e. The smallest absolute Gasteiger partial charge is 0.283 e. The summed E-state index contributed by atoms with van der Waals surface area (Å²) in [5.74, 6) is -1.39. The van der Waals surface area contributed by atoms with E-state index in [1.165, 1.54) is 42.6 Å². The molecule has 1 heterocycles. The van der Waals surface area contributed by atoms with Crippen LogP contribution < -0.4 is 10.2 Å². The summed E-state index contributed by atoms with van der Waals surface area (Å²) in [4.78, 5) is 21.2. The predicted octanol–water partition coefficient (Wildman–Crippen LogP) is 3.02. The summed E-state index contributed by atoms with van der Waals surface area (Å²) in [6, 6.07) is 17.1. The summed E-state index contributed by atoms with van der Waals surface area (Å²) in [7, 11) is -3.76. The van der Waals surface area contributed by atoms with E-state index in [4.69, 9.17) is 4.84 Å². The van der Waals surface area contributed by atoms with Gasteiger partial charge in [0.05, 0.1) is 18.0 Å². The zero-order chi connectivity index (χ0) is 20.7. The summed E-state index contributed by atoms with van der Waals surface area (Å²) in [6.07, 6.45) is 1.31. The fourth-order valence-corrected chi connectivity index (χ4v) is 3.63. The van der Waals surface area contributed by atoms with Crippen LogP contribution in [0.5, 0.6) is 0 Å². The van der Waals surface area contributed by atoms with Gasteiger partial charge in [0.1, 0.15) is 11.5 Å². The Bertz CT molecular complexity index is 1070. The second-order valence-electron chi connectivity index (χ2n) is 6.12. The molecule has 2 N–H and O–H groups in total. The van der Waals surface area contributed by atoms with Crippen molar-refractivity contribution in [1.82, 2.24) is 10.5 Å². The number of sulfonamides is 1. The Hall–Kier alpha value is -3.30. The molecular weight excluding hydrogens is 397 g/mol. The maximum Gasteiger partial charge on any atom is 0.293 e. The number of pyridine rings is 1. The highest BCUT2D eigenvalue weighted by Gasteiger charge is 2.14. The molecule has 1 amide bonds. The zero-order valence-electron chi connectivity index (χ0n) is 15.2. The number of hydroxylamine groups is 1. The van der Waals surface area contributed by atoms with Gasteiger partial charge in [0.2, 0.25) is 10.0 Å². The highest BCUT2D eigenvalue weighted by Crippen LogP contribution is 2.14. The number of rotatable bonds is 8. The van der Waals surface area contributed by atoms with Crippen LogP contribution in [0.25, 0.3) is 0 Å². The first-order valence-electron chi connectivity index (χ1n) is 8.58. The maximum absolute atomic E-state index is 13.0. The van der Waals surface area contributed by atoms with E-state index < -0.39 is 21.7 Å². The van der Waals surface area contributed by atoms with Crippen LogP contribution in [0.15, 0.2) is 72.9 Å². The third-order valence-corrected chi connectivity index (χ3v) is 5.04. The van der Waals surface area contributed by atoms with E-state index >= 15 is 0 Å². The lowest BCUT2D eigenvalue weighted by atomic mass is 10.2. The molecule has 2 aromatic carbocycles. The Labute approximate surface area is 167 Å². The quantitative estimate of drug-likeness (QED) is 0.551. The SMILES string of the molecule is O=C(NOCc1ccccc1)c1cc(NS(=O)(=O)Cc2ccc(F)cc2)ccn1. The van der Waals surface area contributed by atoms with Crippen LogP contribution in [0.1, 0.15) is 21.6 Å². The lowest BCUT2D eigenvalue weighted by molar-refractivity contribution is 0.0229. The van der Waals surface area contributed by atoms with Crippen molar-refractivity contribution in [3.8, 4) is 0 Å². The molecule has 7 nitrogen and oxygen atoms in total. The van der Waals surface area contributed by atoms with Crippen molar-refractivity contribution in [2.75, 3.05) is 4.72 Å². The number of hydrogen-bond acceptors (Lipinski definition) is 5. The van der Waals surface area contributed by atoms with E-state index in [-0.39, 0.29) is 23.7 Å².